The number of carbonyl (C=O) groups is 1. The van der Waals surface area contributed by atoms with Crippen molar-refractivity contribution >= 4 is 5.91 Å². The molecule has 6 heteroatoms. The van der Waals surface area contributed by atoms with Crippen LogP contribution in [-0.2, 0) is 6.54 Å². The third-order valence-corrected chi connectivity index (χ3v) is 3.51. The molecule has 2 heterocycles. The van der Waals surface area contributed by atoms with Gasteiger partial charge in [-0.3, -0.25) is 9.48 Å². The summed E-state index contributed by atoms with van der Waals surface area (Å²) in [6, 6.07) is 2.05. The second kappa shape index (κ2) is 6.56. The first-order chi connectivity index (χ1) is 10.0. The first-order valence-corrected chi connectivity index (χ1v) is 7.36. The number of aromatic nitrogens is 4. The number of rotatable bonds is 6. The Labute approximate surface area is 125 Å². The van der Waals surface area contributed by atoms with Crippen LogP contribution in [0.5, 0.6) is 0 Å². The average molecular weight is 289 g/mol. The fraction of sp³-hybridized carbons (Fsp3) is 0.533. The van der Waals surface area contributed by atoms with E-state index in [4.69, 9.17) is 0 Å². The van der Waals surface area contributed by atoms with Gasteiger partial charge in [-0.05, 0) is 25.8 Å². The molecule has 1 unspecified atom stereocenters. The fourth-order valence-electron chi connectivity index (χ4n) is 2.11. The summed E-state index contributed by atoms with van der Waals surface area (Å²) in [7, 11) is 0. The largest absolute Gasteiger partial charge is 0.349 e. The van der Waals surface area contributed by atoms with Crippen LogP contribution in [0.3, 0.4) is 0 Å². The molecule has 21 heavy (non-hydrogen) atoms. The summed E-state index contributed by atoms with van der Waals surface area (Å²) in [4.78, 5) is 16.4. The molecule has 2 aromatic rings. The van der Waals surface area contributed by atoms with Crippen molar-refractivity contribution in [1.82, 2.24) is 24.6 Å². The minimum Gasteiger partial charge on any atom is -0.349 e. The van der Waals surface area contributed by atoms with Gasteiger partial charge in [0, 0.05) is 31.5 Å². The van der Waals surface area contributed by atoms with E-state index < -0.39 is 0 Å². The molecule has 0 aliphatic rings. The van der Waals surface area contributed by atoms with E-state index in [1.165, 1.54) is 0 Å². The Hall–Kier alpha value is -2.11. The summed E-state index contributed by atoms with van der Waals surface area (Å²) in [5, 5.41) is 7.43. The second-order valence-corrected chi connectivity index (χ2v) is 5.49. The maximum absolute atomic E-state index is 12.3. The van der Waals surface area contributed by atoms with Crippen LogP contribution >= 0.6 is 0 Å². The van der Waals surface area contributed by atoms with Crippen LogP contribution in [0.25, 0.3) is 0 Å². The van der Waals surface area contributed by atoms with Gasteiger partial charge in [0.05, 0.1) is 12.0 Å². The molecule has 0 bridgehead atoms. The van der Waals surface area contributed by atoms with E-state index in [0.717, 1.165) is 5.69 Å². The molecule has 6 nitrogen and oxygen atoms in total. The Bertz CT molecular complexity index is 585. The average Bonchev–Trinajstić information content (AvgIpc) is 3.12. The Kier molecular flexibility index (Phi) is 4.77. The molecule has 0 saturated carbocycles. The normalized spacial score (nSPS) is 12.6. The lowest BCUT2D eigenvalue weighted by atomic mass is 10.1. The number of hydrogen-bond acceptors (Lipinski definition) is 3. The molecule has 0 fully saturated rings. The minimum atomic E-state index is -0.0804. The van der Waals surface area contributed by atoms with E-state index in [1.54, 1.807) is 17.2 Å². The summed E-state index contributed by atoms with van der Waals surface area (Å²) in [5.41, 5.74) is 1.57. The molecule has 1 N–H and O–H groups in total. The van der Waals surface area contributed by atoms with Crippen molar-refractivity contribution in [1.29, 1.82) is 0 Å². The topological polar surface area (TPSA) is 64.7 Å². The Morgan fingerprint density at radius 1 is 1.38 bits per heavy atom. The summed E-state index contributed by atoms with van der Waals surface area (Å²) in [5.74, 6) is 0.234. The monoisotopic (exact) mass is 289 g/mol. The highest BCUT2D eigenvalue weighted by Gasteiger charge is 2.16. The minimum absolute atomic E-state index is 0.0804. The van der Waals surface area contributed by atoms with Crippen LogP contribution in [0.15, 0.2) is 24.8 Å². The first kappa shape index (κ1) is 15.3. The summed E-state index contributed by atoms with van der Waals surface area (Å²) < 4.78 is 3.73. The molecule has 1 amide bonds. The SMILES string of the molecule is CCn1nc(C(C)C)cc1C(=O)NCC(C)n1ccnc1. The number of imidazole rings is 1. The van der Waals surface area contributed by atoms with Gasteiger partial charge in [0.2, 0.25) is 0 Å². The predicted molar refractivity (Wildman–Crippen MR) is 81.3 cm³/mol. The number of nitrogens with one attached hydrogen (secondary N) is 1. The summed E-state index contributed by atoms with van der Waals surface area (Å²) in [6.07, 6.45) is 5.38. The third-order valence-electron chi connectivity index (χ3n) is 3.51. The molecule has 0 aliphatic carbocycles. The number of carbonyl (C=O) groups excluding carboxylic acids is 1. The van der Waals surface area contributed by atoms with Crippen molar-refractivity contribution in [2.24, 2.45) is 0 Å². The highest BCUT2D eigenvalue weighted by atomic mass is 16.2. The molecule has 0 aromatic carbocycles. The highest BCUT2D eigenvalue weighted by molar-refractivity contribution is 5.92. The fourth-order valence-corrected chi connectivity index (χ4v) is 2.11. The van der Waals surface area contributed by atoms with Gasteiger partial charge in [0.15, 0.2) is 0 Å². The van der Waals surface area contributed by atoms with Gasteiger partial charge in [-0.15, -0.1) is 0 Å². The smallest absolute Gasteiger partial charge is 0.269 e. The highest BCUT2D eigenvalue weighted by Crippen LogP contribution is 2.14. The molecule has 2 aromatic heterocycles. The van der Waals surface area contributed by atoms with E-state index in [9.17, 15) is 4.79 Å². The predicted octanol–water partition coefficient (Wildman–Crippen LogP) is 2.21. The van der Waals surface area contributed by atoms with Gasteiger partial charge in [-0.1, -0.05) is 13.8 Å². The van der Waals surface area contributed by atoms with Crippen molar-refractivity contribution in [2.45, 2.75) is 46.2 Å². The molecule has 0 saturated heterocycles. The lowest BCUT2D eigenvalue weighted by Crippen LogP contribution is -2.30. The van der Waals surface area contributed by atoms with E-state index in [2.05, 4.69) is 29.2 Å². The molecule has 2 rings (SSSR count). The molecule has 114 valence electrons. The number of nitrogens with zero attached hydrogens (tertiary/aromatic N) is 4. The summed E-state index contributed by atoms with van der Waals surface area (Å²) >= 11 is 0. The molecular formula is C15H23N5O. The van der Waals surface area contributed by atoms with Gasteiger partial charge in [0.25, 0.3) is 5.91 Å². The Morgan fingerprint density at radius 2 is 2.14 bits per heavy atom. The van der Waals surface area contributed by atoms with Gasteiger partial charge in [0.1, 0.15) is 5.69 Å². The van der Waals surface area contributed by atoms with Gasteiger partial charge in [-0.25, -0.2) is 4.98 Å². The van der Waals surface area contributed by atoms with Crippen molar-refractivity contribution in [3.8, 4) is 0 Å². The Balaban J connectivity index is 2.03. The number of amides is 1. The van der Waals surface area contributed by atoms with Crippen LogP contribution in [0.1, 0.15) is 55.8 Å². The van der Waals surface area contributed by atoms with E-state index in [0.29, 0.717) is 24.7 Å². The lowest BCUT2D eigenvalue weighted by molar-refractivity contribution is 0.0938. The van der Waals surface area contributed by atoms with E-state index >= 15 is 0 Å². The maximum Gasteiger partial charge on any atom is 0.269 e. The van der Waals surface area contributed by atoms with Crippen LogP contribution in [0, 0.1) is 0 Å². The number of hydrogen-bond donors (Lipinski definition) is 1. The van der Waals surface area contributed by atoms with Crippen molar-refractivity contribution in [3.63, 3.8) is 0 Å². The zero-order valence-electron chi connectivity index (χ0n) is 13.1. The second-order valence-electron chi connectivity index (χ2n) is 5.49. The van der Waals surface area contributed by atoms with Crippen LogP contribution in [0.4, 0.5) is 0 Å². The van der Waals surface area contributed by atoms with Crippen molar-refractivity contribution < 1.29 is 4.79 Å². The van der Waals surface area contributed by atoms with E-state index in [1.807, 2.05) is 30.7 Å². The first-order valence-electron chi connectivity index (χ1n) is 7.36. The van der Waals surface area contributed by atoms with Crippen molar-refractivity contribution in [2.75, 3.05) is 6.54 Å². The van der Waals surface area contributed by atoms with Gasteiger partial charge >= 0.3 is 0 Å². The molecule has 0 aliphatic heterocycles. The number of aryl methyl sites for hydroxylation is 1. The molecule has 0 radical (unpaired) electrons. The lowest BCUT2D eigenvalue weighted by Gasteiger charge is -2.14. The zero-order valence-corrected chi connectivity index (χ0v) is 13.1. The quantitative estimate of drug-likeness (QED) is 0.886. The van der Waals surface area contributed by atoms with Gasteiger partial charge < -0.3 is 9.88 Å². The van der Waals surface area contributed by atoms with E-state index in [-0.39, 0.29) is 11.9 Å². The maximum atomic E-state index is 12.3. The Morgan fingerprint density at radius 3 is 2.71 bits per heavy atom. The van der Waals surface area contributed by atoms with Crippen molar-refractivity contribution in [3.05, 3.63) is 36.2 Å². The van der Waals surface area contributed by atoms with Gasteiger partial charge in [-0.2, -0.15) is 5.10 Å². The van der Waals surface area contributed by atoms with Crippen LogP contribution in [-0.4, -0.2) is 31.8 Å². The van der Waals surface area contributed by atoms with Crippen LogP contribution in [0.2, 0.25) is 0 Å². The summed E-state index contributed by atoms with van der Waals surface area (Å²) in [6.45, 7) is 9.42. The third kappa shape index (κ3) is 3.51. The molecule has 1 atom stereocenters. The zero-order chi connectivity index (χ0) is 15.4. The molecule has 0 spiro atoms. The standard InChI is InChI=1S/C15H23N5O/c1-5-20-14(8-13(18-20)11(2)3)15(21)17-9-12(4)19-7-6-16-10-19/h6-8,10-12H,5,9H2,1-4H3,(H,17,21). The van der Waals surface area contributed by atoms with Crippen LogP contribution < -0.4 is 5.32 Å². The molecular weight excluding hydrogens is 266 g/mol.